The number of ether oxygens (including phenoxy) is 1. The Labute approximate surface area is 183 Å². The molecule has 0 aliphatic carbocycles. The molecule has 4 aromatic rings. The maximum atomic E-state index is 13.2. The fraction of sp³-hybridized carbons (Fsp3) is 0.348. The van der Waals surface area contributed by atoms with Gasteiger partial charge in [0.2, 0.25) is 0 Å². The lowest BCUT2D eigenvalue weighted by Crippen LogP contribution is -2.28. The van der Waals surface area contributed by atoms with Crippen molar-refractivity contribution in [2.24, 2.45) is 0 Å². The highest BCUT2D eigenvalue weighted by Gasteiger charge is 2.20. The number of nitrogens with one attached hydrogen (secondary N) is 1. The smallest absolute Gasteiger partial charge is 0.326 e. The van der Waals surface area contributed by atoms with Crippen LogP contribution in [0, 0.1) is 0 Å². The standard InChI is InChI=1S/C23H24N4O3S/c28-21-17-8-1-2-9-18(17)25-23(27(21)15-16-7-5-13-30-16)31-14-6-12-26-20-11-4-3-10-19(20)24-22(26)29/h1-4,8-11,16H,5-7,12-15H2,(H,24,29). The molecule has 1 atom stereocenters. The van der Waals surface area contributed by atoms with Crippen molar-refractivity contribution in [1.82, 2.24) is 19.1 Å². The van der Waals surface area contributed by atoms with E-state index in [1.807, 2.05) is 48.5 Å². The summed E-state index contributed by atoms with van der Waals surface area (Å²) in [6.07, 6.45) is 2.84. The summed E-state index contributed by atoms with van der Waals surface area (Å²) in [5.41, 5.74) is 2.37. The topological polar surface area (TPSA) is 81.9 Å². The van der Waals surface area contributed by atoms with Crippen LogP contribution in [0.4, 0.5) is 0 Å². The van der Waals surface area contributed by atoms with E-state index < -0.39 is 0 Å². The molecule has 31 heavy (non-hydrogen) atoms. The number of H-pyrrole nitrogens is 1. The number of thioether (sulfide) groups is 1. The summed E-state index contributed by atoms with van der Waals surface area (Å²) in [7, 11) is 0. The highest BCUT2D eigenvalue weighted by atomic mass is 32.2. The van der Waals surface area contributed by atoms with Crippen molar-refractivity contribution < 1.29 is 4.74 Å². The first-order chi connectivity index (χ1) is 15.2. The van der Waals surface area contributed by atoms with E-state index in [1.165, 1.54) is 0 Å². The summed E-state index contributed by atoms with van der Waals surface area (Å²) in [5.74, 6) is 0.752. The van der Waals surface area contributed by atoms with Crippen molar-refractivity contribution in [3.8, 4) is 0 Å². The van der Waals surface area contributed by atoms with Gasteiger partial charge in [-0.3, -0.25) is 13.9 Å². The van der Waals surface area contributed by atoms with Crippen LogP contribution in [-0.4, -0.2) is 37.6 Å². The summed E-state index contributed by atoms with van der Waals surface area (Å²) >= 11 is 1.56. The van der Waals surface area contributed by atoms with Gasteiger partial charge in [0.1, 0.15) is 0 Å². The normalized spacial score (nSPS) is 16.5. The number of benzene rings is 2. The number of aromatic nitrogens is 4. The second kappa shape index (κ2) is 8.72. The summed E-state index contributed by atoms with van der Waals surface area (Å²) in [6, 6.07) is 15.2. The lowest BCUT2D eigenvalue weighted by Gasteiger charge is -2.16. The zero-order valence-corrected chi connectivity index (χ0v) is 17.9. The molecule has 1 saturated heterocycles. The highest BCUT2D eigenvalue weighted by molar-refractivity contribution is 7.99. The molecule has 1 fully saturated rings. The molecule has 1 aliphatic rings. The molecular formula is C23H24N4O3S. The van der Waals surface area contributed by atoms with Crippen LogP contribution in [-0.2, 0) is 17.8 Å². The van der Waals surface area contributed by atoms with Gasteiger partial charge in [-0.2, -0.15) is 0 Å². The molecular weight excluding hydrogens is 412 g/mol. The number of rotatable bonds is 7. The van der Waals surface area contributed by atoms with Crippen molar-refractivity contribution >= 4 is 33.7 Å². The monoisotopic (exact) mass is 436 g/mol. The van der Waals surface area contributed by atoms with E-state index in [9.17, 15) is 9.59 Å². The maximum Gasteiger partial charge on any atom is 0.326 e. The molecule has 8 heteroatoms. The van der Waals surface area contributed by atoms with Gasteiger partial charge >= 0.3 is 5.69 Å². The average molecular weight is 437 g/mol. The van der Waals surface area contributed by atoms with Gasteiger partial charge in [0.25, 0.3) is 5.56 Å². The van der Waals surface area contributed by atoms with Gasteiger partial charge < -0.3 is 9.72 Å². The molecule has 0 radical (unpaired) electrons. The summed E-state index contributed by atoms with van der Waals surface area (Å²) in [5, 5.41) is 1.35. The first kappa shape index (κ1) is 20.1. The van der Waals surface area contributed by atoms with Crippen LogP contribution < -0.4 is 11.2 Å². The van der Waals surface area contributed by atoms with E-state index in [1.54, 1.807) is 20.9 Å². The largest absolute Gasteiger partial charge is 0.376 e. The van der Waals surface area contributed by atoms with Gasteiger partial charge in [-0.1, -0.05) is 36.0 Å². The van der Waals surface area contributed by atoms with Gasteiger partial charge in [0.15, 0.2) is 5.16 Å². The minimum absolute atomic E-state index is 0.0172. The zero-order chi connectivity index (χ0) is 21.2. The van der Waals surface area contributed by atoms with Crippen LogP contribution in [0.3, 0.4) is 0 Å². The van der Waals surface area contributed by atoms with Gasteiger partial charge in [-0.25, -0.2) is 9.78 Å². The second-order valence-corrected chi connectivity index (χ2v) is 8.83. The van der Waals surface area contributed by atoms with Gasteiger partial charge in [-0.05, 0) is 43.5 Å². The molecule has 7 nitrogen and oxygen atoms in total. The molecule has 0 amide bonds. The molecule has 0 spiro atoms. The quantitative estimate of drug-likeness (QED) is 0.273. The van der Waals surface area contributed by atoms with E-state index in [-0.39, 0.29) is 17.4 Å². The SMILES string of the molecule is O=c1c2ccccc2nc(SCCCn2c(=O)[nH]c3ccccc32)n1CC1CCCO1. The van der Waals surface area contributed by atoms with E-state index >= 15 is 0 Å². The Kier molecular flexibility index (Phi) is 5.65. The molecule has 1 unspecified atom stereocenters. The van der Waals surface area contributed by atoms with Crippen molar-refractivity contribution in [1.29, 1.82) is 0 Å². The fourth-order valence-electron chi connectivity index (χ4n) is 4.13. The van der Waals surface area contributed by atoms with Crippen molar-refractivity contribution in [2.45, 2.75) is 43.6 Å². The lowest BCUT2D eigenvalue weighted by molar-refractivity contribution is 0.0937. The molecule has 160 valence electrons. The second-order valence-electron chi connectivity index (χ2n) is 7.76. The Balaban J connectivity index is 1.36. The molecule has 1 N–H and O–H groups in total. The molecule has 0 saturated carbocycles. The first-order valence-corrected chi connectivity index (χ1v) is 11.6. The molecule has 0 bridgehead atoms. The number of aryl methyl sites for hydroxylation is 1. The number of aromatic amines is 1. The van der Waals surface area contributed by atoms with Crippen LogP contribution in [0.15, 0.2) is 63.3 Å². The third-order valence-corrected chi connectivity index (χ3v) is 6.74. The molecule has 1 aliphatic heterocycles. The van der Waals surface area contributed by atoms with Crippen LogP contribution in [0.5, 0.6) is 0 Å². The third-order valence-electron chi connectivity index (χ3n) is 5.68. The summed E-state index contributed by atoms with van der Waals surface area (Å²) in [4.78, 5) is 33.1. The number of para-hydroxylation sites is 3. The minimum atomic E-state index is -0.0923. The number of imidazole rings is 1. The summed E-state index contributed by atoms with van der Waals surface area (Å²) < 4.78 is 9.30. The van der Waals surface area contributed by atoms with Crippen molar-refractivity contribution in [3.05, 3.63) is 69.4 Å². The van der Waals surface area contributed by atoms with Gasteiger partial charge in [-0.15, -0.1) is 0 Å². The number of nitrogens with zero attached hydrogens (tertiary/aromatic N) is 3. The van der Waals surface area contributed by atoms with Crippen LogP contribution in [0.25, 0.3) is 21.9 Å². The van der Waals surface area contributed by atoms with E-state index in [4.69, 9.17) is 9.72 Å². The molecule has 3 heterocycles. The Morgan fingerprint density at radius 3 is 2.81 bits per heavy atom. The first-order valence-electron chi connectivity index (χ1n) is 10.6. The number of fused-ring (bicyclic) bond motifs is 2. The predicted molar refractivity (Wildman–Crippen MR) is 123 cm³/mol. The Morgan fingerprint density at radius 1 is 1.10 bits per heavy atom. The molecule has 2 aromatic heterocycles. The van der Waals surface area contributed by atoms with Gasteiger partial charge in [0, 0.05) is 18.9 Å². The Hall–Kier alpha value is -2.84. The average Bonchev–Trinajstić information content (AvgIpc) is 3.41. The highest BCUT2D eigenvalue weighted by Crippen LogP contribution is 2.22. The molecule has 2 aromatic carbocycles. The van der Waals surface area contributed by atoms with E-state index in [0.29, 0.717) is 29.1 Å². The fourth-order valence-corrected chi connectivity index (χ4v) is 5.06. The molecule has 5 rings (SSSR count). The summed E-state index contributed by atoms with van der Waals surface area (Å²) in [6.45, 7) is 1.89. The Morgan fingerprint density at radius 2 is 1.94 bits per heavy atom. The third kappa shape index (κ3) is 4.05. The van der Waals surface area contributed by atoms with Crippen LogP contribution in [0.1, 0.15) is 19.3 Å². The lowest BCUT2D eigenvalue weighted by atomic mass is 10.2. The Bertz CT molecular complexity index is 1330. The van der Waals surface area contributed by atoms with Crippen LogP contribution in [0.2, 0.25) is 0 Å². The maximum absolute atomic E-state index is 13.2. The van der Waals surface area contributed by atoms with E-state index in [0.717, 1.165) is 42.7 Å². The predicted octanol–water partition coefficient (Wildman–Crippen LogP) is 3.40. The van der Waals surface area contributed by atoms with Crippen molar-refractivity contribution in [3.63, 3.8) is 0 Å². The zero-order valence-electron chi connectivity index (χ0n) is 17.1. The van der Waals surface area contributed by atoms with E-state index in [2.05, 4.69) is 4.98 Å². The number of hydrogen-bond donors (Lipinski definition) is 1. The minimum Gasteiger partial charge on any atom is -0.376 e. The van der Waals surface area contributed by atoms with Crippen LogP contribution >= 0.6 is 11.8 Å². The van der Waals surface area contributed by atoms with Crippen molar-refractivity contribution in [2.75, 3.05) is 12.4 Å². The number of hydrogen-bond acceptors (Lipinski definition) is 5. The van der Waals surface area contributed by atoms with Gasteiger partial charge in [0.05, 0.1) is 34.6 Å².